The molecule has 0 aromatic carbocycles. The fourth-order valence-electron chi connectivity index (χ4n) is 2.14. The van der Waals surface area contributed by atoms with Gasteiger partial charge in [-0.25, -0.2) is 4.39 Å². The molecule has 2 heteroatoms. The standard InChI is InChI=1S/C12H23FO/c1-3-4-5-6-11-8-12(13)7-10(2)14-9-11/h10-12H,3-9H2,1-2H3/t10?,11-,12?/m0/s1. The predicted molar refractivity (Wildman–Crippen MR) is 57.2 cm³/mol. The lowest BCUT2D eigenvalue weighted by Crippen LogP contribution is -2.10. The van der Waals surface area contributed by atoms with E-state index in [2.05, 4.69) is 6.92 Å². The normalized spacial score (nSPS) is 34.1. The van der Waals surface area contributed by atoms with E-state index in [0.717, 1.165) is 13.0 Å². The Balaban J connectivity index is 2.23. The SMILES string of the molecule is CCCCC[C@@H]1COC(C)CC(F)C1. The van der Waals surface area contributed by atoms with Gasteiger partial charge in [0.05, 0.1) is 6.10 Å². The molecule has 2 unspecified atom stereocenters. The van der Waals surface area contributed by atoms with E-state index in [4.69, 9.17) is 4.74 Å². The van der Waals surface area contributed by atoms with Gasteiger partial charge in [0, 0.05) is 13.0 Å². The second-order valence-electron chi connectivity index (χ2n) is 4.57. The molecule has 1 aliphatic heterocycles. The first kappa shape index (κ1) is 12.0. The van der Waals surface area contributed by atoms with Gasteiger partial charge in [-0.3, -0.25) is 0 Å². The van der Waals surface area contributed by atoms with Crippen LogP contribution >= 0.6 is 0 Å². The molecule has 1 saturated heterocycles. The second kappa shape index (κ2) is 6.39. The van der Waals surface area contributed by atoms with Crippen LogP contribution in [0.15, 0.2) is 0 Å². The van der Waals surface area contributed by atoms with Gasteiger partial charge in [0.1, 0.15) is 6.17 Å². The minimum Gasteiger partial charge on any atom is -0.378 e. The molecule has 0 radical (unpaired) electrons. The summed E-state index contributed by atoms with van der Waals surface area (Å²) in [7, 11) is 0. The number of hydrogen-bond acceptors (Lipinski definition) is 1. The highest BCUT2D eigenvalue weighted by Gasteiger charge is 2.23. The Bertz CT molecular complexity index is 149. The molecule has 0 aromatic heterocycles. The molecule has 14 heavy (non-hydrogen) atoms. The molecule has 1 nitrogen and oxygen atoms in total. The lowest BCUT2D eigenvalue weighted by molar-refractivity contribution is 0.0476. The summed E-state index contributed by atoms with van der Waals surface area (Å²) in [6, 6.07) is 0. The molecule has 0 spiro atoms. The highest BCUT2D eigenvalue weighted by Crippen LogP contribution is 2.25. The zero-order valence-electron chi connectivity index (χ0n) is 9.47. The van der Waals surface area contributed by atoms with Crippen LogP contribution < -0.4 is 0 Å². The highest BCUT2D eigenvalue weighted by atomic mass is 19.1. The predicted octanol–water partition coefficient (Wildman–Crippen LogP) is 3.72. The van der Waals surface area contributed by atoms with Crippen molar-refractivity contribution in [3.8, 4) is 0 Å². The van der Waals surface area contributed by atoms with Crippen molar-refractivity contribution in [1.29, 1.82) is 0 Å². The maximum atomic E-state index is 13.4. The number of ether oxygens (including phenoxy) is 1. The van der Waals surface area contributed by atoms with Crippen molar-refractivity contribution >= 4 is 0 Å². The number of alkyl halides is 1. The highest BCUT2D eigenvalue weighted by molar-refractivity contribution is 4.72. The Morgan fingerprint density at radius 2 is 2.07 bits per heavy atom. The van der Waals surface area contributed by atoms with E-state index in [1.165, 1.54) is 19.3 Å². The van der Waals surface area contributed by atoms with E-state index in [0.29, 0.717) is 18.8 Å². The molecule has 0 amide bonds. The van der Waals surface area contributed by atoms with Gasteiger partial charge >= 0.3 is 0 Å². The van der Waals surface area contributed by atoms with Crippen LogP contribution in [0.3, 0.4) is 0 Å². The third-order valence-electron chi connectivity index (χ3n) is 3.01. The van der Waals surface area contributed by atoms with Crippen LogP contribution in [-0.2, 0) is 4.74 Å². The molecule has 1 heterocycles. The van der Waals surface area contributed by atoms with E-state index in [1.54, 1.807) is 0 Å². The minimum absolute atomic E-state index is 0.112. The van der Waals surface area contributed by atoms with E-state index in [-0.39, 0.29) is 6.10 Å². The molecule has 1 fully saturated rings. The maximum Gasteiger partial charge on any atom is 0.103 e. The number of halogens is 1. The smallest absolute Gasteiger partial charge is 0.103 e. The van der Waals surface area contributed by atoms with Gasteiger partial charge in [-0.1, -0.05) is 26.2 Å². The molecule has 0 saturated carbocycles. The van der Waals surface area contributed by atoms with Crippen molar-refractivity contribution in [2.24, 2.45) is 5.92 Å². The monoisotopic (exact) mass is 202 g/mol. The summed E-state index contributed by atoms with van der Waals surface area (Å²) < 4.78 is 18.9. The van der Waals surface area contributed by atoms with Gasteiger partial charge in [-0.05, 0) is 25.7 Å². The first-order valence-corrected chi connectivity index (χ1v) is 5.98. The third kappa shape index (κ3) is 4.41. The summed E-state index contributed by atoms with van der Waals surface area (Å²) in [5.41, 5.74) is 0. The average Bonchev–Trinajstić information content (AvgIpc) is 2.28. The zero-order valence-corrected chi connectivity index (χ0v) is 9.47. The largest absolute Gasteiger partial charge is 0.378 e. The summed E-state index contributed by atoms with van der Waals surface area (Å²) in [5, 5.41) is 0. The molecular weight excluding hydrogens is 179 g/mol. The van der Waals surface area contributed by atoms with Crippen LogP contribution in [0.5, 0.6) is 0 Å². The van der Waals surface area contributed by atoms with Crippen LogP contribution in [0.25, 0.3) is 0 Å². The van der Waals surface area contributed by atoms with Crippen LogP contribution in [0.4, 0.5) is 4.39 Å². The first-order valence-electron chi connectivity index (χ1n) is 5.98. The lowest BCUT2D eigenvalue weighted by atomic mass is 9.96. The topological polar surface area (TPSA) is 9.23 Å². The second-order valence-corrected chi connectivity index (χ2v) is 4.57. The Morgan fingerprint density at radius 3 is 2.79 bits per heavy atom. The Kier molecular flexibility index (Phi) is 5.46. The Morgan fingerprint density at radius 1 is 1.29 bits per heavy atom. The molecule has 0 bridgehead atoms. The maximum absolute atomic E-state index is 13.4. The van der Waals surface area contributed by atoms with Crippen molar-refractivity contribution in [2.75, 3.05) is 6.61 Å². The van der Waals surface area contributed by atoms with Crippen molar-refractivity contribution in [3.05, 3.63) is 0 Å². The summed E-state index contributed by atoms with van der Waals surface area (Å²) in [4.78, 5) is 0. The molecule has 0 N–H and O–H groups in total. The number of hydrogen-bond donors (Lipinski definition) is 0. The summed E-state index contributed by atoms with van der Waals surface area (Å²) >= 11 is 0. The van der Waals surface area contributed by atoms with Crippen molar-refractivity contribution in [1.82, 2.24) is 0 Å². The summed E-state index contributed by atoms with van der Waals surface area (Å²) in [5.74, 6) is 0.460. The van der Waals surface area contributed by atoms with Crippen molar-refractivity contribution in [3.63, 3.8) is 0 Å². The fourth-order valence-corrected chi connectivity index (χ4v) is 2.14. The van der Waals surface area contributed by atoms with E-state index >= 15 is 0 Å². The van der Waals surface area contributed by atoms with E-state index in [1.807, 2.05) is 6.92 Å². The zero-order chi connectivity index (χ0) is 10.4. The van der Waals surface area contributed by atoms with Crippen LogP contribution in [0.2, 0.25) is 0 Å². The number of unbranched alkanes of at least 4 members (excludes halogenated alkanes) is 2. The van der Waals surface area contributed by atoms with Crippen LogP contribution in [-0.4, -0.2) is 18.9 Å². The number of rotatable bonds is 4. The van der Waals surface area contributed by atoms with E-state index in [9.17, 15) is 4.39 Å². The molecule has 84 valence electrons. The molecule has 0 aromatic rings. The average molecular weight is 202 g/mol. The van der Waals surface area contributed by atoms with Gasteiger partial charge < -0.3 is 4.74 Å². The Labute approximate surface area is 87.0 Å². The first-order chi connectivity index (χ1) is 6.72. The lowest BCUT2D eigenvalue weighted by Gasteiger charge is -2.14. The van der Waals surface area contributed by atoms with Crippen molar-refractivity contribution < 1.29 is 9.13 Å². The van der Waals surface area contributed by atoms with Gasteiger partial charge in [-0.2, -0.15) is 0 Å². The van der Waals surface area contributed by atoms with Gasteiger partial charge in [0.25, 0.3) is 0 Å². The van der Waals surface area contributed by atoms with Crippen LogP contribution in [0.1, 0.15) is 52.4 Å². The molecule has 1 aliphatic rings. The molecule has 3 atom stereocenters. The minimum atomic E-state index is -0.640. The molecule has 0 aliphatic carbocycles. The summed E-state index contributed by atoms with van der Waals surface area (Å²) in [6.07, 6.45) is 5.65. The Hall–Kier alpha value is -0.110. The molecule has 1 rings (SSSR count). The van der Waals surface area contributed by atoms with Gasteiger partial charge in [0.15, 0.2) is 0 Å². The quantitative estimate of drug-likeness (QED) is 0.631. The fraction of sp³-hybridized carbons (Fsp3) is 1.00. The van der Waals surface area contributed by atoms with E-state index < -0.39 is 6.17 Å². The van der Waals surface area contributed by atoms with Crippen LogP contribution in [0, 0.1) is 5.92 Å². The summed E-state index contributed by atoms with van der Waals surface area (Å²) in [6.45, 7) is 4.94. The van der Waals surface area contributed by atoms with Crippen molar-refractivity contribution in [2.45, 2.75) is 64.6 Å². The van der Waals surface area contributed by atoms with Gasteiger partial charge in [-0.15, -0.1) is 0 Å². The van der Waals surface area contributed by atoms with Gasteiger partial charge in [0.2, 0.25) is 0 Å². The third-order valence-corrected chi connectivity index (χ3v) is 3.01. The molecular formula is C12H23FO.